The zero-order valence-electron chi connectivity index (χ0n) is 28.6. The van der Waals surface area contributed by atoms with Gasteiger partial charge in [-0.25, -0.2) is 0 Å². The average molecular weight is 545 g/mol. The van der Waals surface area contributed by atoms with Crippen molar-refractivity contribution in [1.29, 1.82) is 0 Å². The molecule has 0 bridgehead atoms. The maximum atomic E-state index is 4.13. The van der Waals surface area contributed by atoms with Crippen LogP contribution in [0.5, 0.6) is 0 Å². The molecule has 0 amide bonds. The van der Waals surface area contributed by atoms with Crippen molar-refractivity contribution in [1.82, 2.24) is 10.6 Å². The quantitative estimate of drug-likeness (QED) is 0.270. The minimum Gasteiger partial charge on any atom is -0.311 e. The number of piperidine rings is 2. The predicted octanol–water partition coefficient (Wildman–Crippen LogP) is 9.82. The molecule has 2 nitrogen and oxygen atoms in total. The number of hydrogen-bond donors (Lipinski definition) is 2. The summed E-state index contributed by atoms with van der Waals surface area (Å²) < 4.78 is 0. The molecule has 3 fully saturated rings. The molecule has 1 saturated carbocycles. The SMILES string of the molecule is CC(C)C1CC(C(C)C)CC(C(CCC2CC(C(C)C)NC(C(C)C)C2)C2CC(C(C)C)NC(C(C)C)C2)C1. The summed E-state index contributed by atoms with van der Waals surface area (Å²) in [5.41, 5.74) is 0. The van der Waals surface area contributed by atoms with Crippen LogP contribution in [0.25, 0.3) is 0 Å². The van der Waals surface area contributed by atoms with E-state index in [0.29, 0.717) is 24.2 Å². The fraction of sp³-hybridized carbons (Fsp3) is 1.00. The first-order chi connectivity index (χ1) is 18.3. The van der Waals surface area contributed by atoms with Gasteiger partial charge in [0.25, 0.3) is 0 Å². The molecule has 2 saturated heterocycles. The summed E-state index contributed by atoms with van der Waals surface area (Å²) >= 11 is 0. The first-order valence-electron chi connectivity index (χ1n) is 17.8. The summed E-state index contributed by atoms with van der Waals surface area (Å²) in [4.78, 5) is 0. The third-order valence-electron chi connectivity index (χ3n) is 12.2. The van der Waals surface area contributed by atoms with Crippen LogP contribution in [0.2, 0.25) is 0 Å². The molecule has 2 aliphatic heterocycles. The van der Waals surface area contributed by atoms with Crippen molar-refractivity contribution in [3.05, 3.63) is 0 Å². The Labute approximate surface area is 246 Å². The van der Waals surface area contributed by atoms with E-state index in [1.807, 2.05) is 0 Å². The minimum absolute atomic E-state index is 0.693. The molecule has 39 heavy (non-hydrogen) atoms. The third kappa shape index (κ3) is 9.20. The summed E-state index contributed by atoms with van der Waals surface area (Å²) in [5, 5.41) is 8.19. The lowest BCUT2D eigenvalue weighted by Crippen LogP contribution is -2.52. The molecule has 3 aliphatic rings. The molecule has 7 unspecified atom stereocenters. The Kier molecular flexibility index (Phi) is 12.8. The van der Waals surface area contributed by atoms with Crippen LogP contribution in [-0.2, 0) is 0 Å². The smallest absolute Gasteiger partial charge is 0.00955 e. The fourth-order valence-electron chi connectivity index (χ4n) is 9.01. The van der Waals surface area contributed by atoms with Gasteiger partial charge in [0.1, 0.15) is 0 Å². The van der Waals surface area contributed by atoms with Crippen molar-refractivity contribution in [3.63, 3.8) is 0 Å². The largest absolute Gasteiger partial charge is 0.311 e. The molecule has 0 aromatic rings. The van der Waals surface area contributed by atoms with Crippen LogP contribution in [0.1, 0.15) is 141 Å². The van der Waals surface area contributed by atoms with E-state index in [1.54, 1.807) is 0 Å². The van der Waals surface area contributed by atoms with Crippen molar-refractivity contribution in [2.75, 3.05) is 0 Å². The fourth-order valence-corrected chi connectivity index (χ4v) is 9.01. The van der Waals surface area contributed by atoms with Crippen molar-refractivity contribution in [2.45, 2.75) is 165 Å². The van der Waals surface area contributed by atoms with Crippen molar-refractivity contribution in [3.8, 4) is 0 Å². The number of nitrogens with one attached hydrogen (secondary N) is 2. The third-order valence-corrected chi connectivity index (χ3v) is 12.2. The van der Waals surface area contributed by atoms with Gasteiger partial charge in [0.15, 0.2) is 0 Å². The molecule has 2 N–H and O–H groups in total. The van der Waals surface area contributed by atoms with Crippen molar-refractivity contribution >= 4 is 0 Å². The van der Waals surface area contributed by atoms with Gasteiger partial charge in [0.2, 0.25) is 0 Å². The van der Waals surface area contributed by atoms with Gasteiger partial charge in [-0.2, -0.15) is 0 Å². The topological polar surface area (TPSA) is 24.1 Å². The molecule has 1 aliphatic carbocycles. The Morgan fingerprint density at radius 3 is 1.10 bits per heavy atom. The highest BCUT2D eigenvalue weighted by Crippen LogP contribution is 2.49. The van der Waals surface area contributed by atoms with E-state index in [0.717, 1.165) is 71.0 Å². The molecule has 0 radical (unpaired) electrons. The van der Waals surface area contributed by atoms with Crippen LogP contribution in [0.3, 0.4) is 0 Å². The highest BCUT2D eigenvalue weighted by atomic mass is 15.0. The number of rotatable bonds is 11. The lowest BCUT2D eigenvalue weighted by molar-refractivity contribution is 0.0322. The van der Waals surface area contributed by atoms with E-state index >= 15 is 0 Å². The van der Waals surface area contributed by atoms with Gasteiger partial charge in [-0.3, -0.25) is 0 Å². The van der Waals surface area contributed by atoms with Crippen molar-refractivity contribution < 1.29 is 0 Å². The van der Waals surface area contributed by atoms with Gasteiger partial charge in [0, 0.05) is 24.2 Å². The van der Waals surface area contributed by atoms with E-state index in [1.165, 1.54) is 57.8 Å². The maximum Gasteiger partial charge on any atom is 0.00955 e. The lowest BCUT2D eigenvalue weighted by atomic mass is 9.60. The normalized spacial score (nSPS) is 37.5. The summed E-state index contributed by atoms with van der Waals surface area (Å²) in [6.07, 6.45) is 13.1. The maximum absolute atomic E-state index is 4.13. The molecule has 0 spiro atoms. The second-order valence-corrected chi connectivity index (χ2v) is 17.0. The van der Waals surface area contributed by atoms with Crippen LogP contribution in [-0.4, -0.2) is 24.2 Å². The van der Waals surface area contributed by atoms with E-state index in [-0.39, 0.29) is 0 Å². The first-order valence-corrected chi connectivity index (χ1v) is 17.8. The van der Waals surface area contributed by atoms with Gasteiger partial charge in [-0.1, -0.05) is 89.5 Å². The van der Waals surface area contributed by atoms with Crippen molar-refractivity contribution in [2.24, 2.45) is 71.0 Å². The average Bonchev–Trinajstić information content (AvgIpc) is 2.88. The molecule has 230 valence electrons. The van der Waals surface area contributed by atoms with E-state index < -0.39 is 0 Å². The second-order valence-electron chi connectivity index (χ2n) is 17.0. The summed E-state index contributed by atoms with van der Waals surface area (Å²) in [6.45, 7) is 29.7. The molecule has 3 rings (SSSR count). The van der Waals surface area contributed by atoms with E-state index in [4.69, 9.17) is 0 Å². The molecular weight excluding hydrogens is 472 g/mol. The molecule has 0 aromatic carbocycles. The Hall–Kier alpha value is -0.0800. The Balaban J connectivity index is 1.86. The summed E-state index contributed by atoms with van der Waals surface area (Å²) in [6, 6.07) is 2.79. The first kappa shape index (κ1) is 33.4. The standard InChI is InChI=1S/C37H72N2/c1-22(2)29-17-30(23(3)4)19-31(18-29)33(32-20-36(26(9)10)39-37(21-32)27(11)12)14-13-28-15-34(24(5)6)38-35(16-28)25(7)8/h22-39H,13-21H2,1-12H3. The zero-order chi connectivity index (χ0) is 29.0. The molecule has 2 heteroatoms. The van der Waals surface area contributed by atoms with Gasteiger partial charge < -0.3 is 10.6 Å². The summed E-state index contributed by atoms with van der Waals surface area (Å²) in [7, 11) is 0. The second kappa shape index (κ2) is 14.9. The van der Waals surface area contributed by atoms with Gasteiger partial charge in [-0.05, 0) is 122 Å². The highest BCUT2D eigenvalue weighted by Gasteiger charge is 2.42. The lowest BCUT2D eigenvalue weighted by Gasteiger charge is -2.49. The van der Waals surface area contributed by atoms with Gasteiger partial charge in [0.05, 0.1) is 0 Å². The Morgan fingerprint density at radius 2 is 0.744 bits per heavy atom. The van der Waals surface area contributed by atoms with Crippen LogP contribution in [0, 0.1) is 71.0 Å². The Bertz CT molecular complexity index is 608. The van der Waals surface area contributed by atoms with E-state index in [9.17, 15) is 0 Å². The van der Waals surface area contributed by atoms with Crippen LogP contribution in [0.4, 0.5) is 0 Å². The van der Waals surface area contributed by atoms with Crippen LogP contribution >= 0.6 is 0 Å². The molecule has 7 atom stereocenters. The zero-order valence-corrected chi connectivity index (χ0v) is 28.6. The minimum atomic E-state index is 0.693. The van der Waals surface area contributed by atoms with E-state index in [2.05, 4.69) is 93.7 Å². The molecular formula is C37H72N2. The summed E-state index contributed by atoms with van der Waals surface area (Å²) in [5.74, 6) is 10.1. The van der Waals surface area contributed by atoms with Gasteiger partial charge in [-0.15, -0.1) is 0 Å². The monoisotopic (exact) mass is 545 g/mol. The van der Waals surface area contributed by atoms with Gasteiger partial charge >= 0.3 is 0 Å². The van der Waals surface area contributed by atoms with Crippen LogP contribution in [0.15, 0.2) is 0 Å². The molecule has 0 aromatic heterocycles. The highest BCUT2D eigenvalue weighted by molar-refractivity contribution is 4.96. The molecule has 2 heterocycles. The van der Waals surface area contributed by atoms with Crippen LogP contribution < -0.4 is 10.6 Å². The number of hydrogen-bond acceptors (Lipinski definition) is 2. The predicted molar refractivity (Wildman–Crippen MR) is 173 cm³/mol. The Morgan fingerprint density at radius 1 is 0.410 bits per heavy atom.